The van der Waals surface area contributed by atoms with E-state index in [0.717, 1.165) is 5.56 Å². The van der Waals surface area contributed by atoms with Gasteiger partial charge in [0.1, 0.15) is 0 Å². The first-order valence-corrected chi connectivity index (χ1v) is 7.21. The predicted octanol–water partition coefficient (Wildman–Crippen LogP) is 1.65. The molecule has 1 aromatic rings. The molecule has 0 bridgehead atoms. The van der Waals surface area contributed by atoms with Gasteiger partial charge in [0.2, 0.25) is 5.91 Å². The van der Waals surface area contributed by atoms with Gasteiger partial charge in [0.15, 0.2) is 0 Å². The third kappa shape index (κ3) is 5.95. The lowest BCUT2D eigenvalue weighted by atomic mass is 10.1. The van der Waals surface area contributed by atoms with Crippen LogP contribution >= 0.6 is 0 Å². The SMILES string of the molecule is CNC(=O)c1ccc(CN(C)C(=O)CCCCC(=O)O)cc1. The van der Waals surface area contributed by atoms with Crippen LogP contribution in [0.15, 0.2) is 24.3 Å². The molecule has 0 spiro atoms. The Morgan fingerprint density at radius 2 is 1.68 bits per heavy atom. The number of aliphatic carboxylic acids is 1. The summed E-state index contributed by atoms with van der Waals surface area (Å²) in [6.07, 6.45) is 1.53. The minimum Gasteiger partial charge on any atom is -0.481 e. The number of carbonyl (C=O) groups is 3. The highest BCUT2D eigenvalue weighted by molar-refractivity contribution is 5.93. The van der Waals surface area contributed by atoms with Crippen LogP contribution < -0.4 is 5.32 Å². The van der Waals surface area contributed by atoms with E-state index in [9.17, 15) is 14.4 Å². The van der Waals surface area contributed by atoms with Crippen molar-refractivity contribution in [3.8, 4) is 0 Å². The van der Waals surface area contributed by atoms with E-state index < -0.39 is 5.97 Å². The van der Waals surface area contributed by atoms with E-state index in [4.69, 9.17) is 5.11 Å². The molecule has 0 aliphatic carbocycles. The number of nitrogens with zero attached hydrogens (tertiary/aromatic N) is 1. The van der Waals surface area contributed by atoms with Gasteiger partial charge < -0.3 is 15.3 Å². The van der Waals surface area contributed by atoms with Crippen molar-refractivity contribution < 1.29 is 19.5 Å². The monoisotopic (exact) mass is 306 g/mol. The van der Waals surface area contributed by atoms with Crippen LogP contribution in [-0.2, 0) is 16.1 Å². The normalized spacial score (nSPS) is 10.1. The molecule has 2 amide bonds. The molecule has 0 saturated heterocycles. The number of hydrogen-bond acceptors (Lipinski definition) is 3. The Labute approximate surface area is 130 Å². The fourth-order valence-corrected chi connectivity index (χ4v) is 2.01. The van der Waals surface area contributed by atoms with Crippen molar-refractivity contribution in [2.45, 2.75) is 32.2 Å². The third-order valence-corrected chi connectivity index (χ3v) is 3.32. The summed E-state index contributed by atoms with van der Waals surface area (Å²) >= 11 is 0. The van der Waals surface area contributed by atoms with Crippen molar-refractivity contribution >= 4 is 17.8 Å². The maximum atomic E-state index is 11.9. The Balaban J connectivity index is 2.43. The molecule has 0 unspecified atom stereocenters. The lowest BCUT2D eigenvalue weighted by Gasteiger charge is -2.17. The van der Waals surface area contributed by atoms with Crippen molar-refractivity contribution in [2.75, 3.05) is 14.1 Å². The van der Waals surface area contributed by atoms with E-state index in [0.29, 0.717) is 31.4 Å². The first-order chi connectivity index (χ1) is 10.4. The molecule has 120 valence electrons. The van der Waals surface area contributed by atoms with Gasteiger partial charge >= 0.3 is 5.97 Å². The molecule has 22 heavy (non-hydrogen) atoms. The molecular weight excluding hydrogens is 284 g/mol. The summed E-state index contributed by atoms with van der Waals surface area (Å²) in [7, 11) is 3.29. The number of carboxylic acid groups (broad SMARTS) is 1. The van der Waals surface area contributed by atoms with E-state index in [2.05, 4.69) is 5.32 Å². The molecular formula is C16H22N2O4. The molecule has 0 aromatic heterocycles. The maximum absolute atomic E-state index is 11.9. The van der Waals surface area contributed by atoms with Gasteiger partial charge in [-0.25, -0.2) is 0 Å². The van der Waals surface area contributed by atoms with Gasteiger partial charge in [0.05, 0.1) is 0 Å². The van der Waals surface area contributed by atoms with Gasteiger partial charge in [-0.15, -0.1) is 0 Å². The van der Waals surface area contributed by atoms with Crippen molar-refractivity contribution in [1.82, 2.24) is 10.2 Å². The fourth-order valence-electron chi connectivity index (χ4n) is 2.01. The Hall–Kier alpha value is -2.37. The number of benzene rings is 1. The summed E-state index contributed by atoms with van der Waals surface area (Å²) in [5, 5.41) is 11.1. The van der Waals surface area contributed by atoms with Crippen LogP contribution in [0.4, 0.5) is 0 Å². The van der Waals surface area contributed by atoms with Crippen molar-refractivity contribution in [1.29, 1.82) is 0 Å². The first kappa shape index (κ1) is 17.7. The summed E-state index contributed by atoms with van der Waals surface area (Å²) in [6.45, 7) is 0.464. The number of rotatable bonds is 8. The van der Waals surface area contributed by atoms with Gasteiger partial charge in [-0.3, -0.25) is 14.4 Å². The Kier molecular flexibility index (Phi) is 7.08. The Morgan fingerprint density at radius 3 is 2.23 bits per heavy atom. The second-order valence-electron chi connectivity index (χ2n) is 5.13. The van der Waals surface area contributed by atoms with Crippen molar-refractivity contribution in [3.63, 3.8) is 0 Å². The van der Waals surface area contributed by atoms with Crippen molar-refractivity contribution in [3.05, 3.63) is 35.4 Å². The van der Waals surface area contributed by atoms with E-state index in [1.807, 2.05) is 12.1 Å². The van der Waals surface area contributed by atoms with Gasteiger partial charge in [-0.1, -0.05) is 12.1 Å². The van der Waals surface area contributed by atoms with E-state index in [1.165, 1.54) is 0 Å². The summed E-state index contributed by atoms with van der Waals surface area (Å²) in [6, 6.07) is 7.08. The largest absolute Gasteiger partial charge is 0.481 e. The molecule has 1 aromatic carbocycles. The lowest BCUT2D eigenvalue weighted by Crippen LogP contribution is -2.26. The number of nitrogens with one attached hydrogen (secondary N) is 1. The van der Waals surface area contributed by atoms with E-state index in [1.54, 1.807) is 31.1 Å². The van der Waals surface area contributed by atoms with Gasteiger partial charge in [0.25, 0.3) is 5.91 Å². The van der Waals surface area contributed by atoms with Crippen LogP contribution in [0, 0.1) is 0 Å². The summed E-state index contributed by atoms with van der Waals surface area (Å²) in [5.41, 5.74) is 1.52. The Morgan fingerprint density at radius 1 is 1.09 bits per heavy atom. The average Bonchev–Trinajstić information content (AvgIpc) is 2.51. The van der Waals surface area contributed by atoms with E-state index >= 15 is 0 Å². The van der Waals surface area contributed by atoms with Crippen molar-refractivity contribution in [2.24, 2.45) is 0 Å². The number of amides is 2. The molecule has 0 saturated carbocycles. The topological polar surface area (TPSA) is 86.7 Å². The highest BCUT2D eigenvalue weighted by Crippen LogP contribution is 2.09. The molecule has 0 fully saturated rings. The van der Waals surface area contributed by atoms with Gasteiger partial charge in [-0.2, -0.15) is 0 Å². The molecule has 6 nitrogen and oxygen atoms in total. The maximum Gasteiger partial charge on any atom is 0.303 e. The molecule has 0 aliphatic heterocycles. The zero-order valence-electron chi connectivity index (χ0n) is 13.0. The summed E-state index contributed by atoms with van der Waals surface area (Å²) in [5.74, 6) is -0.993. The number of carbonyl (C=O) groups excluding carboxylic acids is 2. The molecule has 1 rings (SSSR count). The van der Waals surface area contributed by atoms with Gasteiger partial charge in [-0.05, 0) is 30.5 Å². The van der Waals surface area contributed by atoms with Crippen LogP contribution in [0.25, 0.3) is 0 Å². The highest BCUT2D eigenvalue weighted by atomic mass is 16.4. The van der Waals surface area contributed by atoms with Crippen LogP contribution in [-0.4, -0.2) is 41.9 Å². The minimum atomic E-state index is -0.836. The van der Waals surface area contributed by atoms with Crippen LogP contribution in [0.3, 0.4) is 0 Å². The van der Waals surface area contributed by atoms with Crippen LogP contribution in [0.2, 0.25) is 0 Å². The number of carboxylic acids is 1. The number of hydrogen-bond donors (Lipinski definition) is 2. The lowest BCUT2D eigenvalue weighted by molar-refractivity contribution is -0.137. The van der Waals surface area contributed by atoms with Crippen LogP contribution in [0.1, 0.15) is 41.6 Å². The molecule has 0 radical (unpaired) electrons. The zero-order valence-corrected chi connectivity index (χ0v) is 13.0. The smallest absolute Gasteiger partial charge is 0.303 e. The second kappa shape index (κ2) is 8.81. The second-order valence-corrected chi connectivity index (χ2v) is 5.13. The first-order valence-electron chi connectivity index (χ1n) is 7.21. The predicted molar refractivity (Wildman–Crippen MR) is 82.4 cm³/mol. The standard InChI is InChI=1S/C16H22N2O4/c1-17-16(22)13-9-7-12(8-10-13)11-18(2)14(19)5-3-4-6-15(20)21/h7-10H,3-6,11H2,1-2H3,(H,17,22)(H,20,21). The number of unbranched alkanes of at least 4 members (excludes halogenated alkanes) is 1. The average molecular weight is 306 g/mol. The van der Waals surface area contributed by atoms with E-state index in [-0.39, 0.29) is 18.2 Å². The van der Waals surface area contributed by atoms with Crippen LogP contribution in [0.5, 0.6) is 0 Å². The quantitative estimate of drug-likeness (QED) is 0.715. The summed E-state index contributed by atoms with van der Waals surface area (Å²) < 4.78 is 0. The Bertz CT molecular complexity index is 525. The highest BCUT2D eigenvalue weighted by Gasteiger charge is 2.10. The molecule has 0 heterocycles. The zero-order chi connectivity index (χ0) is 16.5. The third-order valence-electron chi connectivity index (χ3n) is 3.32. The molecule has 6 heteroatoms. The van der Waals surface area contributed by atoms with Gasteiger partial charge in [0, 0.05) is 39.0 Å². The molecule has 0 aliphatic rings. The minimum absolute atomic E-state index is 0.0132. The molecule has 0 atom stereocenters. The fraction of sp³-hybridized carbons (Fsp3) is 0.438. The molecule has 2 N–H and O–H groups in total. The summed E-state index contributed by atoms with van der Waals surface area (Å²) in [4.78, 5) is 35.4.